The number of carbonyl (C=O) groups is 2. The Balaban J connectivity index is 1.73. The van der Waals surface area contributed by atoms with Gasteiger partial charge in [-0.1, -0.05) is 6.92 Å². The normalized spacial score (nSPS) is 17.2. The molecule has 0 unspecified atom stereocenters. The van der Waals surface area contributed by atoms with Crippen LogP contribution in [0.4, 0.5) is 20.3 Å². The molecule has 0 aliphatic carbocycles. The second-order valence-electron chi connectivity index (χ2n) is 5.89. The van der Waals surface area contributed by atoms with Gasteiger partial charge in [0.1, 0.15) is 23.4 Å². The summed E-state index contributed by atoms with van der Waals surface area (Å²) in [5.74, 6) is -2.81. The smallest absolute Gasteiger partial charge is 0.239 e. The van der Waals surface area contributed by atoms with Crippen molar-refractivity contribution in [3.8, 4) is 0 Å². The minimum Gasteiger partial charge on any atom is -0.311 e. The van der Waals surface area contributed by atoms with Crippen molar-refractivity contribution < 1.29 is 18.4 Å². The molecular formula is C17H18F2N4O2. The quantitative estimate of drug-likeness (QED) is 0.845. The summed E-state index contributed by atoms with van der Waals surface area (Å²) in [6.45, 7) is 2.87. The maximum Gasteiger partial charge on any atom is 0.239 e. The van der Waals surface area contributed by atoms with Gasteiger partial charge in [0.25, 0.3) is 0 Å². The zero-order chi connectivity index (χ0) is 18.0. The van der Waals surface area contributed by atoms with Crippen LogP contribution in [0.25, 0.3) is 0 Å². The van der Waals surface area contributed by atoms with Gasteiger partial charge in [-0.15, -0.1) is 0 Å². The molecule has 2 aromatic rings. The summed E-state index contributed by atoms with van der Waals surface area (Å²) in [5.41, 5.74) is 0.119. The van der Waals surface area contributed by atoms with Crippen LogP contribution in [0.3, 0.4) is 0 Å². The Bertz CT molecular complexity index is 785. The highest BCUT2D eigenvalue weighted by atomic mass is 19.1. The highest BCUT2D eigenvalue weighted by molar-refractivity contribution is 6.13. The van der Waals surface area contributed by atoms with Crippen molar-refractivity contribution in [2.24, 2.45) is 5.92 Å². The van der Waals surface area contributed by atoms with E-state index in [1.165, 1.54) is 4.90 Å². The standard InChI is InChI=1S/C17H18F2N4O2/c1-2-6-23-15(3-5-20-23)21-16(24)14-4-7-22(17(14)25)13-9-11(18)8-12(19)10-13/h3,5,8-10,14H,2,4,6-7H2,1H3,(H,21,24)/t14-/m1/s1. The van der Waals surface area contributed by atoms with E-state index in [0.717, 1.165) is 24.6 Å². The summed E-state index contributed by atoms with van der Waals surface area (Å²) in [4.78, 5) is 26.2. The molecule has 25 heavy (non-hydrogen) atoms. The average molecular weight is 348 g/mol. The van der Waals surface area contributed by atoms with Gasteiger partial charge in [-0.25, -0.2) is 13.5 Å². The molecule has 0 spiro atoms. The molecule has 3 rings (SSSR count). The maximum absolute atomic E-state index is 13.4. The van der Waals surface area contributed by atoms with E-state index in [0.29, 0.717) is 12.4 Å². The lowest BCUT2D eigenvalue weighted by Gasteiger charge is -2.17. The Hall–Kier alpha value is -2.77. The maximum atomic E-state index is 13.4. The van der Waals surface area contributed by atoms with Gasteiger partial charge in [0.15, 0.2) is 0 Å². The van der Waals surface area contributed by atoms with Gasteiger partial charge < -0.3 is 10.2 Å². The number of anilines is 2. The Kier molecular flexibility index (Phi) is 4.78. The number of amides is 2. The molecule has 0 radical (unpaired) electrons. The number of benzene rings is 1. The van der Waals surface area contributed by atoms with E-state index >= 15 is 0 Å². The Morgan fingerprint density at radius 3 is 2.72 bits per heavy atom. The molecule has 1 aliphatic rings. The van der Waals surface area contributed by atoms with E-state index in [2.05, 4.69) is 10.4 Å². The molecule has 1 aromatic heterocycles. The zero-order valence-corrected chi connectivity index (χ0v) is 13.7. The van der Waals surface area contributed by atoms with Crippen LogP contribution >= 0.6 is 0 Å². The van der Waals surface area contributed by atoms with Crippen LogP contribution in [0.1, 0.15) is 19.8 Å². The molecule has 0 saturated carbocycles. The van der Waals surface area contributed by atoms with Crippen LogP contribution in [0.2, 0.25) is 0 Å². The summed E-state index contributed by atoms with van der Waals surface area (Å²) in [7, 11) is 0. The molecule has 1 aromatic carbocycles. The van der Waals surface area contributed by atoms with Crippen molar-refractivity contribution in [2.75, 3.05) is 16.8 Å². The van der Waals surface area contributed by atoms with Crippen LogP contribution in [0.15, 0.2) is 30.5 Å². The average Bonchev–Trinajstić information content (AvgIpc) is 3.13. The molecule has 1 atom stereocenters. The monoisotopic (exact) mass is 348 g/mol. The highest BCUT2D eigenvalue weighted by Crippen LogP contribution is 2.27. The third kappa shape index (κ3) is 3.52. The van der Waals surface area contributed by atoms with Crippen LogP contribution in [-0.2, 0) is 16.1 Å². The van der Waals surface area contributed by atoms with Gasteiger partial charge in [-0.05, 0) is 25.0 Å². The number of rotatable bonds is 5. The molecule has 2 heterocycles. The van der Waals surface area contributed by atoms with Crippen LogP contribution < -0.4 is 10.2 Å². The van der Waals surface area contributed by atoms with E-state index in [4.69, 9.17) is 0 Å². The number of hydrogen-bond donors (Lipinski definition) is 1. The van der Waals surface area contributed by atoms with E-state index in [1.54, 1.807) is 16.9 Å². The largest absolute Gasteiger partial charge is 0.311 e. The summed E-state index contributed by atoms with van der Waals surface area (Å²) < 4.78 is 28.4. The number of nitrogens with one attached hydrogen (secondary N) is 1. The third-order valence-electron chi connectivity index (χ3n) is 4.08. The number of nitrogens with zero attached hydrogens (tertiary/aromatic N) is 3. The van der Waals surface area contributed by atoms with Gasteiger partial charge in [0.2, 0.25) is 11.8 Å². The van der Waals surface area contributed by atoms with Crippen molar-refractivity contribution in [1.29, 1.82) is 0 Å². The second kappa shape index (κ2) is 7.00. The summed E-state index contributed by atoms with van der Waals surface area (Å²) in [6, 6.07) is 4.56. The highest BCUT2D eigenvalue weighted by Gasteiger charge is 2.38. The summed E-state index contributed by atoms with van der Waals surface area (Å²) in [5, 5.41) is 6.82. The molecule has 1 saturated heterocycles. The molecule has 2 amide bonds. The predicted octanol–water partition coefficient (Wildman–Crippen LogP) is 2.56. The first-order valence-electron chi connectivity index (χ1n) is 8.09. The predicted molar refractivity (Wildman–Crippen MR) is 88.0 cm³/mol. The minimum absolute atomic E-state index is 0.119. The van der Waals surface area contributed by atoms with E-state index < -0.39 is 29.4 Å². The van der Waals surface area contributed by atoms with Gasteiger partial charge in [0.05, 0.1) is 6.20 Å². The van der Waals surface area contributed by atoms with Gasteiger partial charge in [-0.2, -0.15) is 5.10 Å². The third-order valence-corrected chi connectivity index (χ3v) is 4.08. The molecule has 132 valence electrons. The zero-order valence-electron chi connectivity index (χ0n) is 13.7. The number of carbonyl (C=O) groups excluding carboxylic acids is 2. The SMILES string of the molecule is CCCn1nccc1NC(=O)[C@H]1CCN(c2cc(F)cc(F)c2)C1=O. The molecule has 1 fully saturated rings. The van der Waals surface area contributed by atoms with Gasteiger partial charge in [-0.3, -0.25) is 9.59 Å². The fraction of sp³-hybridized carbons (Fsp3) is 0.353. The van der Waals surface area contributed by atoms with Crippen molar-refractivity contribution >= 4 is 23.3 Å². The lowest BCUT2D eigenvalue weighted by molar-refractivity contribution is -0.129. The lowest BCUT2D eigenvalue weighted by Crippen LogP contribution is -2.33. The summed E-state index contributed by atoms with van der Waals surface area (Å²) in [6.07, 6.45) is 2.71. The molecular weight excluding hydrogens is 330 g/mol. The first kappa shape index (κ1) is 17.1. The fourth-order valence-electron chi connectivity index (χ4n) is 2.92. The number of halogens is 2. The van der Waals surface area contributed by atoms with Crippen molar-refractivity contribution in [1.82, 2.24) is 9.78 Å². The Morgan fingerprint density at radius 2 is 2.04 bits per heavy atom. The van der Waals surface area contributed by atoms with E-state index in [9.17, 15) is 18.4 Å². The Morgan fingerprint density at radius 1 is 1.32 bits per heavy atom. The Labute approximate surface area is 143 Å². The molecule has 6 nitrogen and oxygen atoms in total. The molecule has 8 heteroatoms. The molecule has 1 N–H and O–H groups in total. The number of aromatic nitrogens is 2. The lowest BCUT2D eigenvalue weighted by atomic mass is 10.1. The number of hydrogen-bond acceptors (Lipinski definition) is 3. The number of aryl methyl sites for hydroxylation is 1. The van der Waals surface area contributed by atoms with Crippen molar-refractivity contribution in [2.45, 2.75) is 26.3 Å². The van der Waals surface area contributed by atoms with Crippen LogP contribution in [0, 0.1) is 17.6 Å². The second-order valence-corrected chi connectivity index (χ2v) is 5.89. The van der Waals surface area contributed by atoms with Crippen molar-refractivity contribution in [3.63, 3.8) is 0 Å². The van der Waals surface area contributed by atoms with Crippen LogP contribution in [0.5, 0.6) is 0 Å². The molecule has 0 bridgehead atoms. The van der Waals surface area contributed by atoms with Gasteiger partial charge >= 0.3 is 0 Å². The summed E-state index contributed by atoms with van der Waals surface area (Å²) >= 11 is 0. The minimum atomic E-state index is -0.892. The van der Waals surface area contributed by atoms with Crippen LogP contribution in [-0.4, -0.2) is 28.1 Å². The fourth-order valence-corrected chi connectivity index (χ4v) is 2.92. The van der Waals surface area contributed by atoms with E-state index in [1.807, 2.05) is 6.92 Å². The van der Waals surface area contributed by atoms with E-state index in [-0.39, 0.29) is 18.7 Å². The first-order chi connectivity index (χ1) is 12.0. The topological polar surface area (TPSA) is 67.2 Å². The molecule has 1 aliphatic heterocycles. The van der Waals surface area contributed by atoms with Crippen molar-refractivity contribution in [3.05, 3.63) is 42.1 Å². The first-order valence-corrected chi connectivity index (χ1v) is 8.09. The van der Waals surface area contributed by atoms with Gasteiger partial charge in [0, 0.05) is 30.9 Å².